The zero-order chi connectivity index (χ0) is 18.4. The highest BCUT2D eigenvalue weighted by Crippen LogP contribution is 2.30. The van der Waals surface area contributed by atoms with E-state index in [-0.39, 0.29) is 0 Å². The molecule has 0 aromatic heterocycles. The summed E-state index contributed by atoms with van der Waals surface area (Å²) >= 11 is 0. The van der Waals surface area contributed by atoms with Gasteiger partial charge in [0, 0.05) is 0 Å². The molecule has 2 atom stereocenters. The maximum atomic E-state index is 6.77. The Morgan fingerprint density at radius 2 is 0.870 bits per heavy atom. The van der Waals surface area contributed by atoms with Crippen molar-refractivity contribution in [2.75, 3.05) is 13.1 Å². The van der Waals surface area contributed by atoms with Crippen molar-refractivity contribution < 1.29 is 12.3 Å². The SMILES string of the molecule is C[Si](C)(C)O[Si](C)(CCCN)O[Si](C)(CCCN)O[Si](C)(C)C. The second-order valence-electron chi connectivity index (χ2n) is 8.58. The molecule has 0 amide bonds. The minimum atomic E-state index is -2.29. The molecular weight excluding hydrogens is 357 g/mol. The second-order valence-corrected chi connectivity index (χ2v) is 25.0. The van der Waals surface area contributed by atoms with Gasteiger partial charge in [-0.25, -0.2) is 0 Å². The van der Waals surface area contributed by atoms with E-state index in [4.69, 9.17) is 23.8 Å². The van der Waals surface area contributed by atoms with E-state index >= 15 is 0 Å². The molecule has 0 aliphatic carbocycles. The first-order chi connectivity index (χ1) is 10.2. The van der Waals surface area contributed by atoms with E-state index in [1.807, 2.05) is 0 Å². The standard InChI is InChI=1S/C14H40N2O3Si4/c1-20(2,3)17-22(7,13-9-11-15)19-23(8,14-10-12-16)18-21(4,5)6/h9-16H2,1-8H3. The Morgan fingerprint density at radius 3 is 1.09 bits per heavy atom. The predicted octanol–water partition coefficient (Wildman–Crippen LogP) is 3.55. The minimum Gasteiger partial charge on any atom is -0.437 e. The Bertz CT molecular complexity index is 318. The maximum Gasteiger partial charge on any atom is 0.315 e. The molecule has 0 heterocycles. The van der Waals surface area contributed by atoms with Crippen molar-refractivity contribution in [3.05, 3.63) is 0 Å². The van der Waals surface area contributed by atoms with Gasteiger partial charge < -0.3 is 23.8 Å². The fraction of sp³-hybridized carbons (Fsp3) is 1.00. The zero-order valence-corrected chi connectivity index (χ0v) is 20.6. The Hall–Kier alpha value is 0.668. The van der Waals surface area contributed by atoms with Crippen LogP contribution in [0.4, 0.5) is 0 Å². The van der Waals surface area contributed by atoms with E-state index in [0.29, 0.717) is 13.1 Å². The van der Waals surface area contributed by atoms with Crippen LogP contribution in [0.3, 0.4) is 0 Å². The van der Waals surface area contributed by atoms with Crippen molar-refractivity contribution in [3.63, 3.8) is 0 Å². The van der Waals surface area contributed by atoms with E-state index in [1.165, 1.54) is 0 Å². The van der Waals surface area contributed by atoms with Gasteiger partial charge in [-0.1, -0.05) is 0 Å². The molecule has 0 aromatic carbocycles. The first-order valence-corrected chi connectivity index (χ1v) is 20.6. The number of rotatable bonds is 12. The van der Waals surface area contributed by atoms with Crippen LogP contribution in [0.5, 0.6) is 0 Å². The van der Waals surface area contributed by atoms with E-state index in [0.717, 1.165) is 24.9 Å². The smallest absolute Gasteiger partial charge is 0.315 e. The second kappa shape index (κ2) is 9.39. The Labute approximate surface area is 148 Å². The van der Waals surface area contributed by atoms with Crippen LogP contribution in [0.1, 0.15) is 12.8 Å². The lowest BCUT2D eigenvalue weighted by atomic mass is 10.5. The van der Waals surface area contributed by atoms with E-state index in [2.05, 4.69) is 52.4 Å². The molecule has 0 aromatic rings. The van der Waals surface area contributed by atoms with Crippen LogP contribution in [-0.4, -0.2) is 46.8 Å². The molecule has 5 nitrogen and oxygen atoms in total. The van der Waals surface area contributed by atoms with Crippen LogP contribution in [0, 0.1) is 0 Å². The molecule has 9 heteroatoms. The molecule has 4 N–H and O–H groups in total. The van der Waals surface area contributed by atoms with Crippen molar-refractivity contribution >= 4 is 33.8 Å². The van der Waals surface area contributed by atoms with Crippen molar-refractivity contribution in [1.82, 2.24) is 0 Å². The minimum absolute atomic E-state index is 0.678. The third kappa shape index (κ3) is 11.8. The first kappa shape index (κ1) is 23.7. The highest BCUT2D eigenvalue weighted by atomic mass is 28.5. The number of hydrogen-bond acceptors (Lipinski definition) is 5. The van der Waals surface area contributed by atoms with E-state index < -0.39 is 33.8 Å². The first-order valence-electron chi connectivity index (χ1n) is 8.75. The molecule has 140 valence electrons. The van der Waals surface area contributed by atoms with E-state index in [9.17, 15) is 0 Å². The number of hydrogen-bond donors (Lipinski definition) is 2. The molecule has 0 rings (SSSR count). The highest BCUT2D eigenvalue weighted by molar-refractivity contribution is 6.89. The van der Waals surface area contributed by atoms with Crippen LogP contribution in [-0.2, 0) is 12.3 Å². The lowest BCUT2D eigenvalue weighted by molar-refractivity contribution is 0.315. The third-order valence-corrected chi connectivity index (χ3v) is 17.5. The molecule has 0 aliphatic heterocycles. The van der Waals surface area contributed by atoms with Crippen molar-refractivity contribution in [3.8, 4) is 0 Å². The van der Waals surface area contributed by atoms with Crippen LogP contribution in [0.2, 0.25) is 64.5 Å². The Balaban J connectivity index is 5.31. The summed E-state index contributed by atoms with van der Waals surface area (Å²) in [5, 5.41) is 0. The van der Waals surface area contributed by atoms with Crippen LogP contribution >= 0.6 is 0 Å². The molecule has 23 heavy (non-hydrogen) atoms. The summed E-state index contributed by atoms with van der Waals surface area (Å²) in [5.74, 6) is 0. The molecule has 0 saturated carbocycles. The largest absolute Gasteiger partial charge is 0.437 e. The summed E-state index contributed by atoms with van der Waals surface area (Å²) in [7, 11) is -7.95. The molecule has 0 spiro atoms. The average molecular weight is 397 g/mol. The summed E-state index contributed by atoms with van der Waals surface area (Å²) < 4.78 is 19.9. The van der Waals surface area contributed by atoms with E-state index in [1.54, 1.807) is 0 Å². The average Bonchev–Trinajstić information content (AvgIpc) is 2.29. The fourth-order valence-electron chi connectivity index (χ4n) is 2.84. The van der Waals surface area contributed by atoms with Gasteiger partial charge in [0.1, 0.15) is 0 Å². The fourth-order valence-corrected chi connectivity index (χ4v) is 21.3. The topological polar surface area (TPSA) is 79.7 Å². The van der Waals surface area contributed by atoms with Gasteiger partial charge in [0.05, 0.1) is 0 Å². The molecule has 0 saturated heterocycles. The van der Waals surface area contributed by atoms with Crippen LogP contribution < -0.4 is 11.5 Å². The summed E-state index contributed by atoms with van der Waals surface area (Å²) in [4.78, 5) is 0. The van der Waals surface area contributed by atoms with Gasteiger partial charge in [-0.05, 0) is 90.4 Å². The van der Waals surface area contributed by atoms with Crippen molar-refractivity contribution in [1.29, 1.82) is 0 Å². The van der Waals surface area contributed by atoms with Gasteiger partial charge in [0.15, 0.2) is 16.6 Å². The summed E-state index contributed by atoms with van der Waals surface area (Å²) in [6.45, 7) is 19.1. The normalized spacial score (nSPS) is 18.5. The van der Waals surface area contributed by atoms with Gasteiger partial charge in [-0.3, -0.25) is 0 Å². The molecule has 2 unspecified atom stereocenters. The molecular formula is C14H40N2O3Si4. The summed E-state index contributed by atoms with van der Waals surface area (Å²) in [6.07, 6.45) is 1.89. The Morgan fingerprint density at radius 1 is 0.565 bits per heavy atom. The lowest BCUT2D eigenvalue weighted by Crippen LogP contribution is -2.58. The van der Waals surface area contributed by atoms with Gasteiger partial charge >= 0.3 is 17.1 Å². The molecule has 0 bridgehead atoms. The molecule has 0 aliphatic rings. The summed E-state index contributed by atoms with van der Waals surface area (Å²) in [5.41, 5.74) is 11.5. The predicted molar refractivity (Wildman–Crippen MR) is 110 cm³/mol. The number of nitrogens with two attached hydrogens (primary N) is 2. The summed E-state index contributed by atoms with van der Waals surface area (Å²) in [6, 6.07) is 1.88. The third-order valence-electron chi connectivity index (χ3n) is 3.15. The monoisotopic (exact) mass is 396 g/mol. The molecule has 0 fully saturated rings. The van der Waals surface area contributed by atoms with Crippen LogP contribution in [0.15, 0.2) is 0 Å². The van der Waals surface area contributed by atoms with Crippen molar-refractivity contribution in [2.45, 2.75) is 77.3 Å². The molecule has 0 radical (unpaired) electrons. The zero-order valence-electron chi connectivity index (χ0n) is 16.6. The maximum absolute atomic E-state index is 6.77. The lowest BCUT2D eigenvalue weighted by Gasteiger charge is -2.43. The van der Waals surface area contributed by atoms with Crippen molar-refractivity contribution in [2.24, 2.45) is 11.5 Å². The van der Waals surface area contributed by atoms with Crippen LogP contribution in [0.25, 0.3) is 0 Å². The highest BCUT2D eigenvalue weighted by Gasteiger charge is 2.46. The van der Waals surface area contributed by atoms with Gasteiger partial charge in [0.25, 0.3) is 0 Å². The quantitative estimate of drug-likeness (QED) is 0.493. The Kier molecular flexibility index (Phi) is 9.66. The van der Waals surface area contributed by atoms with Gasteiger partial charge in [-0.15, -0.1) is 0 Å². The van der Waals surface area contributed by atoms with Gasteiger partial charge in [-0.2, -0.15) is 0 Å². The van der Waals surface area contributed by atoms with Gasteiger partial charge in [0.2, 0.25) is 0 Å².